The minimum Gasteiger partial charge on any atom is -0.486 e. The van der Waals surface area contributed by atoms with Crippen molar-refractivity contribution in [1.29, 1.82) is 0 Å². The molecule has 0 bridgehead atoms. The first kappa shape index (κ1) is 19.5. The molecule has 28 heavy (non-hydrogen) atoms. The molecule has 0 aromatic heterocycles. The van der Waals surface area contributed by atoms with Gasteiger partial charge in [-0.3, -0.25) is 25.2 Å². The topological polar surface area (TPSA) is 106 Å². The Labute approximate surface area is 166 Å². The van der Waals surface area contributed by atoms with Crippen molar-refractivity contribution in [3.63, 3.8) is 0 Å². The fourth-order valence-corrected chi connectivity index (χ4v) is 2.69. The number of carbonyl (C=O) groups is 3. The van der Waals surface area contributed by atoms with Crippen LogP contribution in [0.15, 0.2) is 42.5 Å². The summed E-state index contributed by atoms with van der Waals surface area (Å²) in [5, 5.41) is 2.80. The SMILES string of the molecule is C[C@H](NC(=O)c1ccccc1Cl)C(=O)NNC(=O)c1ccc2c(c1)OCCO2. The zero-order chi connectivity index (χ0) is 20.1. The van der Waals surface area contributed by atoms with Crippen LogP contribution in [0.1, 0.15) is 27.6 Å². The van der Waals surface area contributed by atoms with Crippen LogP contribution < -0.4 is 25.6 Å². The molecule has 3 N–H and O–H groups in total. The first-order valence-electron chi connectivity index (χ1n) is 8.51. The van der Waals surface area contributed by atoms with E-state index >= 15 is 0 Å². The number of fused-ring (bicyclic) bond motifs is 1. The van der Waals surface area contributed by atoms with E-state index in [1.807, 2.05) is 0 Å². The summed E-state index contributed by atoms with van der Waals surface area (Å²) < 4.78 is 10.8. The minimum atomic E-state index is -0.899. The third-order valence-electron chi connectivity index (χ3n) is 3.96. The number of halogens is 1. The van der Waals surface area contributed by atoms with Crippen LogP contribution in [0.2, 0.25) is 5.02 Å². The van der Waals surface area contributed by atoms with Crippen molar-refractivity contribution in [2.75, 3.05) is 13.2 Å². The summed E-state index contributed by atoms with van der Waals surface area (Å²) in [5.41, 5.74) is 5.12. The molecule has 0 saturated carbocycles. The van der Waals surface area contributed by atoms with Crippen molar-refractivity contribution in [1.82, 2.24) is 16.2 Å². The van der Waals surface area contributed by atoms with Gasteiger partial charge in [0.05, 0.1) is 10.6 Å². The smallest absolute Gasteiger partial charge is 0.269 e. The van der Waals surface area contributed by atoms with Crippen LogP contribution >= 0.6 is 11.6 Å². The number of hydrogen-bond acceptors (Lipinski definition) is 5. The third kappa shape index (κ3) is 4.52. The lowest BCUT2D eigenvalue weighted by molar-refractivity contribution is -0.123. The van der Waals surface area contributed by atoms with Crippen molar-refractivity contribution in [2.45, 2.75) is 13.0 Å². The van der Waals surface area contributed by atoms with E-state index in [4.69, 9.17) is 21.1 Å². The van der Waals surface area contributed by atoms with Gasteiger partial charge in [-0.05, 0) is 37.3 Å². The molecule has 1 atom stereocenters. The maximum absolute atomic E-state index is 12.2. The number of benzene rings is 2. The highest BCUT2D eigenvalue weighted by Crippen LogP contribution is 2.30. The number of carbonyl (C=O) groups excluding carboxylic acids is 3. The molecule has 3 amide bonds. The van der Waals surface area contributed by atoms with Crippen LogP contribution in [0.5, 0.6) is 11.5 Å². The van der Waals surface area contributed by atoms with Crippen molar-refractivity contribution < 1.29 is 23.9 Å². The molecule has 0 unspecified atom stereocenters. The molecule has 0 aliphatic carbocycles. The third-order valence-corrected chi connectivity index (χ3v) is 4.29. The normalized spacial score (nSPS) is 13.2. The molecule has 2 aromatic rings. The van der Waals surface area contributed by atoms with Crippen LogP contribution in [0.25, 0.3) is 0 Å². The van der Waals surface area contributed by atoms with Crippen molar-refractivity contribution in [3.05, 3.63) is 58.6 Å². The first-order chi connectivity index (χ1) is 13.5. The molecule has 1 aliphatic rings. The molecule has 0 saturated heterocycles. The Morgan fingerprint density at radius 2 is 1.68 bits per heavy atom. The van der Waals surface area contributed by atoms with E-state index < -0.39 is 23.8 Å². The molecule has 1 heterocycles. The quantitative estimate of drug-likeness (QED) is 0.674. The Kier molecular flexibility index (Phi) is 6.00. The molecule has 0 spiro atoms. The van der Waals surface area contributed by atoms with Crippen LogP contribution in [-0.4, -0.2) is 37.0 Å². The molecule has 3 rings (SSSR count). The highest BCUT2D eigenvalue weighted by Gasteiger charge is 2.19. The van der Waals surface area contributed by atoms with E-state index in [2.05, 4.69) is 16.2 Å². The average molecular weight is 404 g/mol. The summed E-state index contributed by atoms with van der Waals surface area (Å²) in [6.07, 6.45) is 0. The van der Waals surface area contributed by atoms with Gasteiger partial charge in [-0.15, -0.1) is 0 Å². The van der Waals surface area contributed by atoms with E-state index in [1.165, 1.54) is 13.0 Å². The molecular weight excluding hydrogens is 386 g/mol. The largest absolute Gasteiger partial charge is 0.486 e. The van der Waals surface area contributed by atoms with E-state index in [-0.39, 0.29) is 16.1 Å². The van der Waals surface area contributed by atoms with Crippen molar-refractivity contribution in [3.8, 4) is 11.5 Å². The Bertz CT molecular complexity index is 918. The number of hydrazine groups is 1. The average Bonchev–Trinajstić information content (AvgIpc) is 2.71. The van der Waals surface area contributed by atoms with Gasteiger partial charge in [-0.25, -0.2) is 0 Å². The standard InChI is InChI=1S/C19H18ClN3O5/c1-11(21-19(26)13-4-2-3-5-14(13)20)17(24)22-23-18(25)12-6-7-15-16(10-12)28-9-8-27-15/h2-7,10-11H,8-9H2,1H3,(H,21,26)(H,22,24)(H,23,25)/t11-/m0/s1. The summed E-state index contributed by atoms with van der Waals surface area (Å²) in [6.45, 7) is 2.34. The van der Waals surface area contributed by atoms with Crippen LogP contribution in [0.3, 0.4) is 0 Å². The van der Waals surface area contributed by atoms with Gasteiger partial charge in [0.1, 0.15) is 19.3 Å². The van der Waals surface area contributed by atoms with Gasteiger partial charge in [0.25, 0.3) is 17.7 Å². The summed E-state index contributed by atoms with van der Waals surface area (Å²) in [4.78, 5) is 36.6. The van der Waals surface area contributed by atoms with Crippen molar-refractivity contribution in [2.24, 2.45) is 0 Å². The molecule has 9 heteroatoms. The van der Waals surface area contributed by atoms with E-state index in [1.54, 1.807) is 36.4 Å². The van der Waals surface area contributed by atoms with Gasteiger partial charge in [0, 0.05) is 5.56 Å². The number of rotatable bonds is 4. The van der Waals surface area contributed by atoms with Gasteiger partial charge >= 0.3 is 0 Å². The highest BCUT2D eigenvalue weighted by molar-refractivity contribution is 6.33. The molecule has 0 fully saturated rings. The minimum absolute atomic E-state index is 0.254. The second kappa shape index (κ2) is 8.62. The van der Waals surface area contributed by atoms with Gasteiger partial charge in [0.2, 0.25) is 0 Å². The predicted molar refractivity (Wildman–Crippen MR) is 101 cm³/mol. The molecule has 2 aromatic carbocycles. The van der Waals surface area contributed by atoms with Gasteiger partial charge < -0.3 is 14.8 Å². The lowest BCUT2D eigenvalue weighted by atomic mass is 10.2. The van der Waals surface area contributed by atoms with Gasteiger partial charge in [0.15, 0.2) is 11.5 Å². The van der Waals surface area contributed by atoms with Crippen LogP contribution in [-0.2, 0) is 4.79 Å². The van der Waals surface area contributed by atoms with Crippen LogP contribution in [0.4, 0.5) is 0 Å². The van der Waals surface area contributed by atoms with E-state index in [0.29, 0.717) is 24.7 Å². The zero-order valence-electron chi connectivity index (χ0n) is 15.0. The summed E-state index contributed by atoms with van der Waals surface area (Å²) in [6, 6.07) is 10.3. The maximum Gasteiger partial charge on any atom is 0.269 e. The molecule has 146 valence electrons. The van der Waals surface area contributed by atoms with E-state index in [9.17, 15) is 14.4 Å². The summed E-state index contributed by atoms with van der Waals surface area (Å²) in [5.74, 6) is -0.596. The van der Waals surface area contributed by atoms with E-state index in [0.717, 1.165) is 0 Å². The number of hydrogen-bond donors (Lipinski definition) is 3. The van der Waals surface area contributed by atoms with Gasteiger partial charge in [-0.1, -0.05) is 23.7 Å². The molecule has 8 nitrogen and oxygen atoms in total. The predicted octanol–water partition coefficient (Wildman–Crippen LogP) is 1.69. The fraction of sp³-hybridized carbons (Fsp3) is 0.211. The fourth-order valence-electron chi connectivity index (χ4n) is 2.47. The van der Waals surface area contributed by atoms with Crippen LogP contribution in [0, 0.1) is 0 Å². The zero-order valence-corrected chi connectivity index (χ0v) is 15.7. The second-order valence-electron chi connectivity index (χ2n) is 5.98. The summed E-state index contributed by atoms with van der Waals surface area (Å²) in [7, 11) is 0. The lowest BCUT2D eigenvalue weighted by Gasteiger charge is -2.19. The molecular formula is C19H18ClN3O5. The lowest BCUT2D eigenvalue weighted by Crippen LogP contribution is -2.51. The van der Waals surface area contributed by atoms with Gasteiger partial charge in [-0.2, -0.15) is 0 Å². The number of ether oxygens (including phenoxy) is 2. The van der Waals surface area contributed by atoms with Crippen molar-refractivity contribution >= 4 is 29.3 Å². The summed E-state index contributed by atoms with van der Waals surface area (Å²) >= 11 is 5.97. The Hall–Kier alpha value is -3.26. The second-order valence-corrected chi connectivity index (χ2v) is 6.38. The first-order valence-corrected chi connectivity index (χ1v) is 8.89. The Balaban J connectivity index is 1.54. The Morgan fingerprint density at radius 1 is 0.964 bits per heavy atom. The monoisotopic (exact) mass is 403 g/mol. The molecule has 0 radical (unpaired) electrons. The molecule has 1 aliphatic heterocycles. The number of nitrogens with one attached hydrogen (secondary N) is 3. The number of amides is 3. The highest BCUT2D eigenvalue weighted by atomic mass is 35.5. The Morgan fingerprint density at radius 3 is 2.43 bits per heavy atom. The maximum atomic E-state index is 12.2.